The Morgan fingerprint density at radius 3 is 2.56 bits per heavy atom. The lowest BCUT2D eigenvalue weighted by Crippen LogP contribution is -2.40. The summed E-state index contributed by atoms with van der Waals surface area (Å²) < 4.78 is 0. The van der Waals surface area contributed by atoms with E-state index in [2.05, 4.69) is 11.9 Å². The molecule has 0 saturated heterocycles. The second kappa shape index (κ2) is 10.5. The van der Waals surface area contributed by atoms with Crippen molar-refractivity contribution in [2.45, 2.75) is 44.9 Å². The van der Waals surface area contributed by atoms with Gasteiger partial charge in [-0.1, -0.05) is 56.9 Å². The molecule has 1 aromatic carbocycles. The van der Waals surface area contributed by atoms with Gasteiger partial charge in [0, 0.05) is 12.2 Å². The maximum atomic E-state index is 12.8. The third kappa shape index (κ3) is 6.89. The van der Waals surface area contributed by atoms with Gasteiger partial charge in [-0.3, -0.25) is 14.4 Å². The predicted molar refractivity (Wildman–Crippen MR) is 106 cm³/mol. The van der Waals surface area contributed by atoms with Crippen molar-refractivity contribution in [3.05, 3.63) is 42.5 Å². The highest BCUT2D eigenvalue weighted by molar-refractivity contribution is 5.99. The Hall–Kier alpha value is -2.63. The van der Waals surface area contributed by atoms with Gasteiger partial charge in [0.1, 0.15) is 0 Å². The molecule has 1 fully saturated rings. The summed E-state index contributed by atoms with van der Waals surface area (Å²) in [6, 6.07) is 7.13. The first kappa shape index (κ1) is 20.7. The summed E-state index contributed by atoms with van der Waals surface area (Å²) in [5, 5.41) is 2.71. The molecule has 1 aliphatic rings. The molecule has 27 heavy (non-hydrogen) atoms. The lowest BCUT2D eigenvalue weighted by atomic mass is 9.87. The normalized spacial score (nSPS) is 14.4. The summed E-state index contributed by atoms with van der Waals surface area (Å²) >= 11 is 0. The number of anilines is 1. The van der Waals surface area contributed by atoms with E-state index >= 15 is 0 Å². The molecule has 0 unspecified atom stereocenters. The molecule has 0 heterocycles. The third-order valence-electron chi connectivity index (χ3n) is 5.03. The molecule has 0 radical (unpaired) electrons. The molecule has 0 spiro atoms. The highest BCUT2D eigenvalue weighted by atomic mass is 16.2. The number of hydrogen-bond acceptors (Lipinski definition) is 3. The van der Waals surface area contributed by atoms with Gasteiger partial charge in [0.15, 0.2) is 0 Å². The summed E-state index contributed by atoms with van der Waals surface area (Å²) in [6.45, 7) is 3.90. The quantitative estimate of drug-likeness (QED) is 0.654. The van der Waals surface area contributed by atoms with Crippen LogP contribution in [0.15, 0.2) is 36.9 Å². The molecule has 0 bridgehead atoms. The van der Waals surface area contributed by atoms with Gasteiger partial charge < -0.3 is 16.0 Å². The molecule has 1 saturated carbocycles. The van der Waals surface area contributed by atoms with Crippen LogP contribution in [0.3, 0.4) is 0 Å². The van der Waals surface area contributed by atoms with E-state index in [4.69, 9.17) is 5.73 Å². The zero-order valence-electron chi connectivity index (χ0n) is 15.8. The van der Waals surface area contributed by atoms with Crippen molar-refractivity contribution < 1.29 is 14.4 Å². The van der Waals surface area contributed by atoms with E-state index in [-0.39, 0.29) is 24.8 Å². The molecule has 0 aromatic heterocycles. The number of primary amides is 1. The SMILES string of the molecule is C=CC(=O)Nc1ccccc1CC(=O)N(CCC1CCCCC1)CC(N)=O. The fraction of sp³-hybridized carbons (Fsp3) is 0.476. The van der Waals surface area contributed by atoms with Gasteiger partial charge in [-0.25, -0.2) is 0 Å². The molecule has 3 N–H and O–H groups in total. The zero-order chi connectivity index (χ0) is 19.6. The minimum absolute atomic E-state index is 0.0766. The Balaban J connectivity index is 2.03. The van der Waals surface area contributed by atoms with E-state index in [0.29, 0.717) is 23.7 Å². The van der Waals surface area contributed by atoms with Crippen molar-refractivity contribution in [3.63, 3.8) is 0 Å². The molecule has 0 aliphatic heterocycles. The number of nitrogens with one attached hydrogen (secondary N) is 1. The number of nitrogens with two attached hydrogens (primary N) is 1. The molecule has 146 valence electrons. The minimum atomic E-state index is -0.514. The average Bonchev–Trinajstić information content (AvgIpc) is 2.67. The van der Waals surface area contributed by atoms with Crippen molar-refractivity contribution in [2.24, 2.45) is 11.7 Å². The van der Waals surface area contributed by atoms with E-state index < -0.39 is 5.91 Å². The van der Waals surface area contributed by atoms with Crippen LogP contribution in [0.25, 0.3) is 0 Å². The van der Waals surface area contributed by atoms with Crippen molar-refractivity contribution >= 4 is 23.4 Å². The van der Waals surface area contributed by atoms with Crippen LogP contribution in [0.1, 0.15) is 44.1 Å². The Kier molecular flexibility index (Phi) is 8.04. The second-order valence-corrected chi connectivity index (χ2v) is 7.10. The number of benzene rings is 1. The standard InChI is InChI=1S/C21H29N3O3/c1-2-20(26)23-18-11-7-6-10-17(18)14-21(27)24(15-19(22)25)13-12-16-8-4-3-5-9-16/h2,6-7,10-11,16H,1,3-5,8-9,12-15H2,(H2,22,25)(H,23,26). The van der Waals surface area contributed by atoms with Crippen LogP contribution >= 0.6 is 0 Å². The molecular weight excluding hydrogens is 342 g/mol. The Labute approximate surface area is 160 Å². The van der Waals surface area contributed by atoms with Gasteiger partial charge >= 0.3 is 0 Å². The fourth-order valence-corrected chi connectivity index (χ4v) is 3.55. The van der Waals surface area contributed by atoms with Crippen LogP contribution in [-0.4, -0.2) is 35.7 Å². The van der Waals surface area contributed by atoms with Crippen molar-refractivity contribution in [1.29, 1.82) is 0 Å². The van der Waals surface area contributed by atoms with E-state index in [9.17, 15) is 14.4 Å². The predicted octanol–water partition coefficient (Wildman–Crippen LogP) is 2.64. The molecular formula is C21H29N3O3. The lowest BCUT2D eigenvalue weighted by Gasteiger charge is -2.26. The highest BCUT2D eigenvalue weighted by Crippen LogP contribution is 2.26. The maximum Gasteiger partial charge on any atom is 0.247 e. The van der Waals surface area contributed by atoms with Gasteiger partial charge in [0.2, 0.25) is 17.7 Å². The first-order chi connectivity index (χ1) is 13.0. The monoisotopic (exact) mass is 371 g/mol. The topological polar surface area (TPSA) is 92.5 Å². The van der Waals surface area contributed by atoms with Crippen LogP contribution in [-0.2, 0) is 20.8 Å². The van der Waals surface area contributed by atoms with E-state index in [1.807, 2.05) is 6.07 Å². The first-order valence-corrected chi connectivity index (χ1v) is 9.57. The summed E-state index contributed by atoms with van der Waals surface area (Å²) in [6.07, 6.45) is 8.33. The Morgan fingerprint density at radius 1 is 1.19 bits per heavy atom. The molecule has 6 heteroatoms. The fourth-order valence-electron chi connectivity index (χ4n) is 3.55. The molecule has 1 aliphatic carbocycles. The van der Waals surface area contributed by atoms with Gasteiger partial charge in [-0.2, -0.15) is 0 Å². The largest absolute Gasteiger partial charge is 0.368 e. The smallest absolute Gasteiger partial charge is 0.247 e. The van der Waals surface area contributed by atoms with Gasteiger partial charge in [-0.05, 0) is 30.0 Å². The minimum Gasteiger partial charge on any atom is -0.368 e. The molecule has 6 nitrogen and oxygen atoms in total. The Bertz CT molecular complexity index is 681. The summed E-state index contributed by atoms with van der Waals surface area (Å²) in [5.74, 6) is -0.396. The third-order valence-corrected chi connectivity index (χ3v) is 5.03. The van der Waals surface area contributed by atoms with E-state index in [1.54, 1.807) is 23.1 Å². The van der Waals surface area contributed by atoms with Crippen molar-refractivity contribution in [1.82, 2.24) is 4.90 Å². The number of rotatable bonds is 9. The summed E-state index contributed by atoms with van der Waals surface area (Å²) in [4.78, 5) is 37.4. The van der Waals surface area contributed by atoms with E-state index in [0.717, 1.165) is 6.42 Å². The van der Waals surface area contributed by atoms with Crippen molar-refractivity contribution in [3.8, 4) is 0 Å². The lowest BCUT2D eigenvalue weighted by molar-refractivity contribution is -0.134. The number of nitrogens with zero attached hydrogens (tertiary/aromatic N) is 1. The van der Waals surface area contributed by atoms with Crippen LogP contribution in [0.2, 0.25) is 0 Å². The first-order valence-electron chi connectivity index (χ1n) is 9.57. The van der Waals surface area contributed by atoms with Gasteiger partial charge in [0.05, 0.1) is 13.0 Å². The summed E-state index contributed by atoms with van der Waals surface area (Å²) in [7, 11) is 0. The average molecular weight is 371 g/mol. The highest BCUT2D eigenvalue weighted by Gasteiger charge is 2.20. The van der Waals surface area contributed by atoms with Crippen LogP contribution in [0.4, 0.5) is 5.69 Å². The van der Waals surface area contributed by atoms with E-state index in [1.165, 1.54) is 38.2 Å². The molecule has 1 aromatic rings. The van der Waals surface area contributed by atoms with Crippen LogP contribution < -0.4 is 11.1 Å². The van der Waals surface area contributed by atoms with Gasteiger partial charge in [0.25, 0.3) is 0 Å². The van der Waals surface area contributed by atoms with Crippen molar-refractivity contribution in [2.75, 3.05) is 18.4 Å². The Morgan fingerprint density at radius 2 is 1.89 bits per heavy atom. The maximum absolute atomic E-state index is 12.8. The second-order valence-electron chi connectivity index (χ2n) is 7.10. The number of hydrogen-bond donors (Lipinski definition) is 2. The number of amides is 3. The molecule has 0 atom stereocenters. The molecule has 3 amide bonds. The number of carbonyl (C=O) groups excluding carboxylic acids is 3. The van der Waals surface area contributed by atoms with Gasteiger partial charge in [-0.15, -0.1) is 0 Å². The number of carbonyl (C=O) groups is 3. The van der Waals surface area contributed by atoms with Crippen LogP contribution in [0, 0.1) is 5.92 Å². The van der Waals surface area contributed by atoms with Crippen LogP contribution in [0.5, 0.6) is 0 Å². The molecule has 2 rings (SSSR count). The zero-order valence-corrected chi connectivity index (χ0v) is 15.8. The number of para-hydroxylation sites is 1. The summed E-state index contributed by atoms with van der Waals surface area (Å²) in [5.41, 5.74) is 6.62.